The maximum absolute atomic E-state index is 11.2. The summed E-state index contributed by atoms with van der Waals surface area (Å²) in [6, 6.07) is 0. The Morgan fingerprint density at radius 1 is 1.71 bits per heavy atom. The van der Waals surface area contributed by atoms with Crippen molar-refractivity contribution in [2.45, 2.75) is 0 Å². The number of nitrogens with zero attached hydrogens (tertiary/aromatic N) is 2. The second kappa shape index (κ2) is 5.92. The number of methoxy groups -OCH3 is 1. The molecule has 5 nitrogen and oxygen atoms in total. The van der Waals surface area contributed by atoms with E-state index >= 15 is 0 Å². The van der Waals surface area contributed by atoms with Gasteiger partial charge in [0.05, 0.1) is 18.6 Å². The van der Waals surface area contributed by atoms with E-state index in [9.17, 15) is 4.79 Å². The summed E-state index contributed by atoms with van der Waals surface area (Å²) in [5, 5.41) is 0.182. The van der Waals surface area contributed by atoms with Gasteiger partial charge in [-0.1, -0.05) is 15.9 Å². The number of hydrogen-bond acceptors (Lipinski definition) is 5. The summed E-state index contributed by atoms with van der Waals surface area (Å²) in [5.74, 6) is 0.191. The van der Waals surface area contributed by atoms with Crippen LogP contribution in [0, 0.1) is 0 Å². The van der Waals surface area contributed by atoms with Crippen LogP contribution in [-0.2, 0) is 0 Å². The number of halogens is 2. The molecule has 0 saturated heterocycles. The van der Waals surface area contributed by atoms with Crippen molar-refractivity contribution in [1.29, 1.82) is 0 Å². The third kappa shape index (κ3) is 2.91. The first-order valence-corrected chi connectivity index (χ1v) is 4.57. The van der Waals surface area contributed by atoms with Gasteiger partial charge in [-0.3, -0.25) is 4.79 Å². The van der Waals surface area contributed by atoms with Crippen molar-refractivity contribution in [1.82, 2.24) is 9.97 Å². The van der Waals surface area contributed by atoms with Gasteiger partial charge in [0.2, 0.25) is 5.88 Å². The number of Topliss-reactive ketones (excluding diaryl/α,β-unsaturated/α-hetero) is 1. The number of rotatable bonds is 3. The maximum Gasteiger partial charge on any atom is 0.245 e. The van der Waals surface area contributed by atoms with Crippen molar-refractivity contribution in [2.24, 2.45) is 0 Å². The Morgan fingerprint density at radius 2 is 2.36 bits per heavy atom. The summed E-state index contributed by atoms with van der Waals surface area (Å²) in [5.41, 5.74) is 5.56. The van der Waals surface area contributed by atoms with Gasteiger partial charge in [-0.2, -0.15) is 4.98 Å². The lowest BCUT2D eigenvalue weighted by molar-refractivity contribution is 0.101. The standard InChI is InChI=1S/C7H8BrN3O2.BrH/c1-13-7-6(4(12)2-8)10-3-5(9)11-7;/h3H,2H2,1H3,(H2,9,11);1H. The van der Waals surface area contributed by atoms with Crippen molar-refractivity contribution in [3.05, 3.63) is 11.9 Å². The summed E-state index contributed by atoms with van der Waals surface area (Å²) in [6.07, 6.45) is 1.32. The zero-order valence-electron chi connectivity index (χ0n) is 7.36. The molecule has 0 radical (unpaired) electrons. The van der Waals surface area contributed by atoms with E-state index in [2.05, 4.69) is 25.9 Å². The van der Waals surface area contributed by atoms with Crippen molar-refractivity contribution in [2.75, 3.05) is 18.2 Å². The zero-order chi connectivity index (χ0) is 9.84. The number of carbonyl (C=O) groups excluding carboxylic acids is 1. The minimum atomic E-state index is -0.190. The van der Waals surface area contributed by atoms with Gasteiger partial charge in [-0.05, 0) is 0 Å². The highest BCUT2D eigenvalue weighted by atomic mass is 79.9. The second-order valence-corrected chi connectivity index (χ2v) is 2.77. The number of aromatic nitrogens is 2. The number of ketones is 1. The Kier molecular flexibility index (Phi) is 5.63. The van der Waals surface area contributed by atoms with Crippen LogP contribution in [0.5, 0.6) is 5.88 Å². The summed E-state index contributed by atoms with van der Waals surface area (Å²) in [6.45, 7) is 0. The van der Waals surface area contributed by atoms with E-state index in [-0.39, 0.29) is 45.5 Å². The summed E-state index contributed by atoms with van der Waals surface area (Å²) < 4.78 is 4.85. The van der Waals surface area contributed by atoms with Gasteiger partial charge >= 0.3 is 0 Å². The normalized spacial score (nSPS) is 9.00. The molecular weight excluding hydrogens is 318 g/mol. The van der Waals surface area contributed by atoms with Crippen LogP contribution in [0.15, 0.2) is 6.20 Å². The Morgan fingerprint density at radius 3 is 2.86 bits per heavy atom. The van der Waals surface area contributed by atoms with Crippen LogP contribution in [0.3, 0.4) is 0 Å². The number of hydrogen-bond donors (Lipinski definition) is 1. The monoisotopic (exact) mass is 325 g/mol. The second-order valence-electron chi connectivity index (χ2n) is 2.21. The molecule has 0 aliphatic heterocycles. The molecule has 1 aromatic heterocycles. The molecule has 0 unspecified atom stereocenters. The largest absolute Gasteiger partial charge is 0.479 e. The highest BCUT2D eigenvalue weighted by molar-refractivity contribution is 9.09. The van der Waals surface area contributed by atoms with E-state index in [1.54, 1.807) is 0 Å². The number of alkyl halides is 1. The lowest BCUT2D eigenvalue weighted by Gasteiger charge is -2.03. The van der Waals surface area contributed by atoms with Gasteiger partial charge in [0.25, 0.3) is 0 Å². The molecule has 0 spiro atoms. The van der Waals surface area contributed by atoms with Gasteiger partial charge in [-0.15, -0.1) is 17.0 Å². The van der Waals surface area contributed by atoms with E-state index in [4.69, 9.17) is 10.5 Å². The van der Waals surface area contributed by atoms with Crippen LogP contribution in [0.4, 0.5) is 5.82 Å². The maximum atomic E-state index is 11.2. The first-order chi connectivity index (χ1) is 6.19. The fraction of sp³-hybridized carbons (Fsp3) is 0.286. The molecule has 0 amide bonds. The number of carbonyl (C=O) groups is 1. The van der Waals surface area contributed by atoms with Crippen LogP contribution in [0.1, 0.15) is 10.5 Å². The van der Waals surface area contributed by atoms with Gasteiger partial charge in [0, 0.05) is 0 Å². The molecule has 0 aliphatic carbocycles. The number of ether oxygens (including phenoxy) is 1. The molecule has 0 saturated carbocycles. The highest BCUT2D eigenvalue weighted by Crippen LogP contribution is 2.14. The molecule has 1 rings (SSSR count). The van der Waals surface area contributed by atoms with Crippen LogP contribution < -0.4 is 10.5 Å². The zero-order valence-corrected chi connectivity index (χ0v) is 10.7. The fourth-order valence-corrected chi connectivity index (χ4v) is 1.05. The van der Waals surface area contributed by atoms with Crippen molar-refractivity contribution < 1.29 is 9.53 Å². The van der Waals surface area contributed by atoms with Crippen LogP contribution >= 0.6 is 32.9 Å². The average molecular weight is 327 g/mol. The molecule has 0 atom stereocenters. The SMILES string of the molecule is Br.COc1nc(N)cnc1C(=O)CBr. The smallest absolute Gasteiger partial charge is 0.245 e. The summed E-state index contributed by atoms with van der Waals surface area (Å²) in [4.78, 5) is 18.9. The predicted octanol–water partition coefficient (Wildman–Crippen LogP) is 1.22. The highest BCUT2D eigenvalue weighted by Gasteiger charge is 2.14. The molecular formula is C7H9Br2N3O2. The van der Waals surface area contributed by atoms with Gasteiger partial charge < -0.3 is 10.5 Å². The average Bonchev–Trinajstić information content (AvgIpc) is 2.16. The predicted molar refractivity (Wildman–Crippen MR) is 61.4 cm³/mol. The quantitative estimate of drug-likeness (QED) is 0.667. The summed E-state index contributed by atoms with van der Waals surface area (Å²) in [7, 11) is 1.41. The lowest BCUT2D eigenvalue weighted by atomic mass is 10.3. The van der Waals surface area contributed by atoms with Crippen LogP contribution in [-0.4, -0.2) is 28.2 Å². The Balaban J connectivity index is 0.00000169. The van der Waals surface area contributed by atoms with Crippen molar-refractivity contribution >= 4 is 44.5 Å². The molecule has 0 aromatic carbocycles. The molecule has 7 heteroatoms. The molecule has 14 heavy (non-hydrogen) atoms. The Bertz CT molecular complexity index is 333. The molecule has 0 aliphatic rings. The third-order valence-electron chi connectivity index (χ3n) is 1.34. The molecule has 78 valence electrons. The Hall–Kier alpha value is -0.690. The molecule has 0 bridgehead atoms. The van der Waals surface area contributed by atoms with E-state index in [0.29, 0.717) is 0 Å². The molecule has 1 heterocycles. The van der Waals surface area contributed by atoms with Gasteiger partial charge in [-0.25, -0.2) is 4.98 Å². The topological polar surface area (TPSA) is 78.1 Å². The molecule has 0 fully saturated rings. The van der Waals surface area contributed by atoms with Crippen LogP contribution in [0.2, 0.25) is 0 Å². The summed E-state index contributed by atoms with van der Waals surface area (Å²) >= 11 is 3.03. The van der Waals surface area contributed by atoms with Gasteiger partial charge in [0.15, 0.2) is 11.5 Å². The minimum absolute atomic E-state index is 0. The Labute approximate surface area is 100.0 Å². The first kappa shape index (κ1) is 13.3. The number of anilines is 1. The van der Waals surface area contributed by atoms with Crippen LogP contribution in [0.25, 0.3) is 0 Å². The fourth-order valence-electron chi connectivity index (χ4n) is 0.782. The minimum Gasteiger partial charge on any atom is -0.479 e. The van der Waals surface area contributed by atoms with Crippen molar-refractivity contribution in [3.8, 4) is 5.88 Å². The third-order valence-corrected chi connectivity index (χ3v) is 1.85. The lowest BCUT2D eigenvalue weighted by Crippen LogP contribution is -2.08. The van der Waals surface area contributed by atoms with E-state index in [1.807, 2.05) is 0 Å². The van der Waals surface area contributed by atoms with E-state index < -0.39 is 0 Å². The number of nitrogens with two attached hydrogens (primary N) is 1. The first-order valence-electron chi connectivity index (χ1n) is 3.44. The number of nitrogen functional groups attached to an aromatic ring is 1. The van der Waals surface area contributed by atoms with E-state index in [0.717, 1.165) is 0 Å². The molecule has 1 aromatic rings. The van der Waals surface area contributed by atoms with Crippen molar-refractivity contribution in [3.63, 3.8) is 0 Å². The van der Waals surface area contributed by atoms with Gasteiger partial charge in [0.1, 0.15) is 5.82 Å². The van der Waals surface area contributed by atoms with E-state index in [1.165, 1.54) is 13.3 Å². The molecule has 2 N–H and O–H groups in total.